The van der Waals surface area contributed by atoms with Gasteiger partial charge in [-0.25, -0.2) is 17.8 Å². The summed E-state index contributed by atoms with van der Waals surface area (Å²) in [6.07, 6.45) is 0. The van der Waals surface area contributed by atoms with Crippen molar-refractivity contribution in [1.29, 1.82) is 0 Å². The van der Waals surface area contributed by atoms with Gasteiger partial charge in [0, 0.05) is 0 Å². The van der Waals surface area contributed by atoms with Crippen LogP contribution in [0.3, 0.4) is 0 Å². The number of esters is 1. The van der Waals surface area contributed by atoms with Gasteiger partial charge in [0.2, 0.25) is 10.0 Å². The third-order valence-electron chi connectivity index (χ3n) is 3.49. The molecule has 1 N–H and O–H groups in total. The van der Waals surface area contributed by atoms with Crippen molar-refractivity contribution in [1.82, 2.24) is 9.71 Å². The average Bonchev–Trinajstić information content (AvgIpc) is 3.02. The smallest absolute Gasteiger partial charge is 0.324 e. The first-order valence-corrected chi connectivity index (χ1v) is 9.95. The summed E-state index contributed by atoms with van der Waals surface area (Å²) in [7, 11) is -4.18. The molecule has 0 radical (unpaired) electrons. The zero-order chi connectivity index (χ0) is 18.7. The van der Waals surface area contributed by atoms with Crippen molar-refractivity contribution < 1.29 is 22.3 Å². The fraction of sp³-hybridized carbons (Fsp3) is 0.176. The summed E-state index contributed by atoms with van der Waals surface area (Å²) in [5.41, 5.74) is 0.803. The van der Waals surface area contributed by atoms with Crippen molar-refractivity contribution in [2.75, 3.05) is 0 Å². The van der Waals surface area contributed by atoms with Gasteiger partial charge in [0.25, 0.3) is 0 Å². The molecule has 1 atom stereocenters. The second-order valence-corrected chi connectivity index (χ2v) is 8.25. The van der Waals surface area contributed by atoms with Crippen molar-refractivity contribution in [3.05, 3.63) is 59.4 Å². The molecule has 0 saturated heterocycles. The Balaban J connectivity index is 1.63. The normalized spacial score (nSPS) is 12.8. The number of carbonyl (C=O) groups excluding carboxylic acids is 1. The van der Waals surface area contributed by atoms with Crippen molar-refractivity contribution in [2.24, 2.45) is 0 Å². The van der Waals surface area contributed by atoms with Crippen molar-refractivity contribution in [3.8, 4) is 0 Å². The summed E-state index contributed by atoms with van der Waals surface area (Å²) in [5.74, 6) is -1.67. The Kier molecular flexibility index (Phi) is 5.30. The number of hydrogen-bond donors (Lipinski definition) is 1. The third kappa shape index (κ3) is 4.06. The number of thiazole rings is 1. The zero-order valence-corrected chi connectivity index (χ0v) is 15.3. The van der Waals surface area contributed by atoms with Crippen LogP contribution in [0.15, 0.2) is 53.4 Å². The number of hydrogen-bond acceptors (Lipinski definition) is 6. The first-order chi connectivity index (χ1) is 12.4. The van der Waals surface area contributed by atoms with E-state index in [2.05, 4.69) is 9.71 Å². The number of aromatic nitrogens is 1. The van der Waals surface area contributed by atoms with Gasteiger partial charge in [-0.2, -0.15) is 4.72 Å². The first-order valence-electron chi connectivity index (χ1n) is 7.65. The van der Waals surface area contributed by atoms with E-state index >= 15 is 0 Å². The zero-order valence-electron chi connectivity index (χ0n) is 13.7. The molecule has 0 bridgehead atoms. The van der Waals surface area contributed by atoms with E-state index in [0.717, 1.165) is 22.3 Å². The van der Waals surface area contributed by atoms with Crippen LogP contribution in [0.2, 0.25) is 0 Å². The fourth-order valence-corrected chi connectivity index (χ4v) is 4.40. The van der Waals surface area contributed by atoms with Gasteiger partial charge >= 0.3 is 5.97 Å². The second-order valence-electron chi connectivity index (χ2n) is 5.46. The molecular formula is C17H15FN2O4S2. The van der Waals surface area contributed by atoms with Crippen LogP contribution >= 0.6 is 11.3 Å². The summed E-state index contributed by atoms with van der Waals surface area (Å²) < 4.78 is 46.2. The van der Waals surface area contributed by atoms with Crippen molar-refractivity contribution in [2.45, 2.75) is 24.5 Å². The molecule has 0 fully saturated rings. The van der Waals surface area contributed by atoms with Crippen LogP contribution in [0.25, 0.3) is 10.2 Å². The van der Waals surface area contributed by atoms with Gasteiger partial charge in [0.15, 0.2) is 0 Å². The fourth-order valence-electron chi connectivity index (χ4n) is 2.25. The first kappa shape index (κ1) is 18.4. The molecule has 0 aliphatic heterocycles. The van der Waals surface area contributed by atoms with Crippen LogP contribution in [0.4, 0.5) is 4.39 Å². The number of benzene rings is 2. The summed E-state index contributed by atoms with van der Waals surface area (Å²) in [4.78, 5) is 15.9. The molecule has 3 aromatic rings. The van der Waals surface area contributed by atoms with Gasteiger partial charge in [0.1, 0.15) is 28.4 Å². The van der Waals surface area contributed by atoms with E-state index in [-0.39, 0.29) is 6.61 Å². The maximum Gasteiger partial charge on any atom is 0.324 e. The van der Waals surface area contributed by atoms with Crippen LogP contribution in [-0.2, 0) is 26.2 Å². The molecule has 26 heavy (non-hydrogen) atoms. The number of ether oxygens (including phenoxy) is 1. The lowest BCUT2D eigenvalue weighted by atomic mass is 10.3. The minimum Gasteiger partial charge on any atom is -0.457 e. The Morgan fingerprint density at radius 1 is 1.23 bits per heavy atom. The largest absolute Gasteiger partial charge is 0.457 e. The standard InChI is InChI=1S/C17H15FN2O4S2/c1-11(20-26(22,23)15-9-5-2-6-12(15)18)17(21)24-10-16-19-13-7-3-4-8-14(13)25-16/h2-9,11,20H,10H2,1H3/t11-/m0/s1. The Labute approximate surface area is 153 Å². The molecule has 0 aliphatic rings. The highest BCUT2D eigenvalue weighted by atomic mass is 32.2. The molecule has 3 rings (SSSR count). The van der Waals surface area contributed by atoms with E-state index in [1.54, 1.807) is 0 Å². The number of rotatable bonds is 6. The molecule has 2 aromatic carbocycles. The highest BCUT2D eigenvalue weighted by Gasteiger charge is 2.25. The summed E-state index contributed by atoms with van der Waals surface area (Å²) in [6.45, 7) is 1.27. The summed E-state index contributed by atoms with van der Waals surface area (Å²) in [6, 6.07) is 11.3. The molecule has 1 aromatic heterocycles. The quantitative estimate of drug-likeness (QED) is 0.650. The van der Waals surface area contributed by atoms with Crippen LogP contribution in [0.1, 0.15) is 11.9 Å². The molecule has 136 valence electrons. The average molecular weight is 394 g/mol. The third-order valence-corrected chi connectivity index (χ3v) is 6.07. The lowest BCUT2D eigenvalue weighted by Crippen LogP contribution is -2.39. The van der Waals surface area contributed by atoms with Crippen LogP contribution < -0.4 is 4.72 Å². The highest BCUT2D eigenvalue weighted by molar-refractivity contribution is 7.89. The monoisotopic (exact) mass is 394 g/mol. The van der Waals surface area contributed by atoms with Gasteiger partial charge in [-0.3, -0.25) is 4.79 Å². The van der Waals surface area contributed by atoms with Crippen molar-refractivity contribution in [3.63, 3.8) is 0 Å². The summed E-state index contributed by atoms with van der Waals surface area (Å²) >= 11 is 1.39. The number of para-hydroxylation sites is 1. The van der Waals surface area contributed by atoms with E-state index in [1.165, 1.54) is 30.4 Å². The predicted molar refractivity (Wildman–Crippen MR) is 95.6 cm³/mol. The van der Waals surface area contributed by atoms with Crippen LogP contribution in [0, 0.1) is 5.82 Å². The van der Waals surface area contributed by atoms with Crippen LogP contribution in [0.5, 0.6) is 0 Å². The summed E-state index contributed by atoms with van der Waals surface area (Å²) in [5, 5.41) is 0.601. The molecule has 6 nitrogen and oxygen atoms in total. The number of carbonyl (C=O) groups is 1. The Morgan fingerprint density at radius 2 is 1.92 bits per heavy atom. The van der Waals surface area contributed by atoms with Gasteiger partial charge in [-0.15, -0.1) is 11.3 Å². The Hall–Kier alpha value is -2.36. The lowest BCUT2D eigenvalue weighted by molar-refractivity contribution is -0.146. The number of fused-ring (bicyclic) bond motifs is 1. The number of halogens is 1. The Morgan fingerprint density at radius 3 is 2.65 bits per heavy atom. The number of nitrogens with zero attached hydrogens (tertiary/aromatic N) is 1. The van der Waals surface area contributed by atoms with Crippen molar-refractivity contribution >= 4 is 37.5 Å². The van der Waals surface area contributed by atoms with Gasteiger partial charge in [0.05, 0.1) is 10.2 Å². The topological polar surface area (TPSA) is 85.4 Å². The van der Waals surface area contributed by atoms with E-state index in [9.17, 15) is 17.6 Å². The maximum absolute atomic E-state index is 13.7. The number of nitrogens with one attached hydrogen (secondary N) is 1. The second kappa shape index (κ2) is 7.48. The highest BCUT2D eigenvalue weighted by Crippen LogP contribution is 2.22. The van der Waals surface area contributed by atoms with E-state index in [4.69, 9.17) is 4.74 Å². The van der Waals surface area contributed by atoms with Crippen LogP contribution in [-0.4, -0.2) is 25.4 Å². The molecule has 1 heterocycles. The molecule has 0 unspecified atom stereocenters. The Bertz CT molecular complexity index is 1020. The maximum atomic E-state index is 13.7. The minimum atomic E-state index is -4.18. The van der Waals surface area contributed by atoms with Gasteiger partial charge in [-0.1, -0.05) is 24.3 Å². The van der Waals surface area contributed by atoms with E-state index < -0.39 is 32.7 Å². The van der Waals surface area contributed by atoms with Gasteiger partial charge in [-0.05, 0) is 31.2 Å². The number of sulfonamides is 1. The molecule has 0 amide bonds. The minimum absolute atomic E-state index is 0.0655. The van der Waals surface area contributed by atoms with E-state index in [1.807, 2.05) is 24.3 Å². The molecule has 0 spiro atoms. The molecule has 0 aliphatic carbocycles. The van der Waals surface area contributed by atoms with Gasteiger partial charge < -0.3 is 4.74 Å². The van der Waals surface area contributed by atoms with E-state index in [0.29, 0.717) is 5.01 Å². The lowest BCUT2D eigenvalue weighted by Gasteiger charge is -2.13. The SMILES string of the molecule is C[C@H](NS(=O)(=O)c1ccccc1F)C(=O)OCc1nc2ccccc2s1. The molecule has 9 heteroatoms. The molecular weight excluding hydrogens is 379 g/mol. The molecule has 0 saturated carbocycles. The predicted octanol–water partition coefficient (Wildman–Crippen LogP) is 2.85.